The molecule has 0 spiro atoms. The number of carbonyl (C=O) groups is 1. The number of sulfonamides is 1. The molecule has 1 rings (SSSR count). The van der Waals surface area contributed by atoms with E-state index in [1.165, 1.54) is 32.0 Å². The average Bonchev–Trinajstić information content (AvgIpc) is 2.27. The Morgan fingerprint density at radius 2 is 1.70 bits per heavy atom. The van der Waals surface area contributed by atoms with Crippen LogP contribution in [0.15, 0.2) is 23.1 Å². The maximum Gasteiger partial charge on any atom is 0.324 e. The Bertz CT molecular complexity index is 608. The molecular formula is C12H15Cl2NO4S. The number of halogens is 2. The molecule has 0 radical (unpaired) electrons. The van der Waals surface area contributed by atoms with Gasteiger partial charge in [-0.1, -0.05) is 30.1 Å². The lowest BCUT2D eigenvalue weighted by atomic mass is 10.1. The number of hydrogen-bond donors (Lipinski definition) is 1. The Morgan fingerprint density at radius 3 is 2.05 bits per heavy atom. The SMILES string of the molecule is CCN(C(C)(C)C(=O)O)S(=O)(=O)c1cc(Cl)cc(Cl)c1. The minimum atomic E-state index is -4.02. The fourth-order valence-corrected chi connectivity index (χ4v) is 4.26. The number of likely N-dealkylation sites (N-methyl/N-ethyl adjacent to an activating group) is 1. The second-order valence-electron chi connectivity index (χ2n) is 4.64. The minimum Gasteiger partial charge on any atom is -0.480 e. The molecule has 0 amide bonds. The first-order valence-electron chi connectivity index (χ1n) is 5.75. The zero-order chi connectivity index (χ0) is 15.7. The Morgan fingerprint density at radius 1 is 1.25 bits per heavy atom. The fourth-order valence-electron chi connectivity index (χ4n) is 1.78. The van der Waals surface area contributed by atoms with Crippen molar-refractivity contribution in [1.82, 2.24) is 4.31 Å². The van der Waals surface area contributed by atoms with E-state index >= 15 is 0 Å². The normalized spacial score (nSPS) is 12.7. The largest absolute Gasteiger partial charge is 0.480 e. The van der Waals surface area contributed by atoms with Crippen molar-refractivity contribution in [2.45, 2.75) is 31.2 Å². The van der Waals surface area contributed by atoms with Gasteiger partial charge in [-0.2, -0.15) is 4.31 Å². The van der Waals surface area contributed by atoms with Crippen LogP contribution in [0.2, 0.25) is 10.0 Å². The van der Waals surface area contributed by atoms with Crippen molar-refractivity contribution in [3.05, 3.63) is 28.2 Å². The first kappa shape index (κ1) is 17.2. The zero-order valence-corrected chi connectivity index (χ0v) is 13.6. The summed E-state index contributed by atoms with van der Waals surface area (Å²) >= 11 is 11.6. The highest BCUT2D eigenvalue weighted by atomic mass is 35.5. The Balaban J connectivity index is 3.43. The number of rotatable bonds is 5. The number of nitrogens with zero attached hydrogens (tertiary/aromatic N) is 1. The second kappa shape index (κ2) is 5.89. The molecule has 1 N–H and O–H groups in total. The molecule has 0 bridgehead atoms. The molecule has 20 heavy (non-hydrogen) atoms. The summed E-state index contributed by atoms with van der Waals surface area (Å²) in [5, 5.41) is 9.54. The summed E-state index contributed by atoms with van der Waals surface area (Å²) in [5.41, 5.74) is -1.58. The first-order valence-corrected chi connectivity index (χ1v) is 7.95. The first-order chi connectivity index (χ1) is 9.03. The van der Waals surface area contributed by atoms with E-state index in [1.54, 1.807) is 6.92 Å². The van der Waals surface area contributed by atoms with Crippen molar-refractivity contribution < 1.29 is 18.3 Å². The molecule has 0 saturated heterocycles. The molecule has 0 aliphatic carbocycles. The fraction of sp³-hybridized carbons (Fsp3) is 0.417. The van der Waals surface area contributed by atoms with Crippen molar-refractivity contribution in [2.24, 2.45) is 0 Å². The van der Waals surface area contributed by atoms with E-state index in [0.717, 1.165) is 4.31 Å². The molecule has 0 unspecified atom stereocenters. The van der Waals surface area contributed by atoms with Gasteiger partial charge in [0.1, 0.15) is 5.54 Å². The van der Waals surface area contributed by atoms with Crippen LogP contribution in [0.1, 0.15) is 20.8 Å². The monoisotopic (exact) mass is 339 g/mol. The maximum absolute atomic E-state index is 12.6. The third-order valence-corrected chi connectivity index (χ3v) is 5.42. The van der Waals surface area contributed by atoms with Gasteiger partial charge in [0, 0.05) is 16.6 Å². The highest BCUT2D eigenvalue weighted by Gasteiger charge is 2.41. The Hall–Kier alpha value is -0.820. The standard InChI is InChI=1S/C12H15Cl2NO4S/c1-4-15(12(2,3)11(16)17)20(18,19)10-6-8(13)5-9(14)7-10/h5-7H,4H2,1-3H3,(H,16,17). The van der Waals surface area contributed by atoms with Gasteiger partial charge >= 0.3 is 5.97 Å². The van der Waals surface area contributed by atoms with Crippen molar-refractivity contribution in [3.8, 4) is 0 Å². The van der Waals surface area contributed by atoms with Gasteiger partial charge in [-0.25, -0.2) is 8.42 Å². The molecule has 1 aromatic rings. The molecule has 0 aliphatic rings. The van der Waals surface area contributed by atoms with Gasteiger partial charge in [0.15, 0.2) is 0 Å². The smallest absolute Gasteiger partial charge is 0.324 e. The minimum absolute atomic E-state index is 0.00572. The summed E-state index contributed by atoms with van der Waals surface area (Å²) in [6.45, 7) is 4.21. The van der Waals surface area contributed by atoms with Crippen LogP contribution in [0, 0.1) is 0 Å². The Kier molecular flexibility index (Phi) is 5.08. The van der Waals surface area contributed by atoms with Gasteiger partial charge in [-0.15, -0.1) is 0 Å². The van der Waals surface area contributed by atoms with Crippen LogP contribution >= 0.6 is 23.2 Å². The molecule has 0 aliphatic heterocycles. The molecule has 0 heterocycles. The third kappa shape index (κ3) is 3.25. The Labute approximate surface area is 128 Å². The molecule has 8 heteroatoms. The molecule has 112 valence electrons. The van der Waals surface area contributed by atoms with E-state index in [0.29, 0.717) is 0 Å². The number of carboxylic acids is 1. The number of benzene rings is 1. The summed E-state index contributed by atoms with van der Waals surface area (Å²) < 4.78 is 26.0. The van der Waals surface area contributed by atoms with Gasteiger partial charge < -0.3 is 5.11 Å². The van der Waals surface area contributed by atoms with E-state index in [9.17, 15) is 18.3 Å². The van der Waals surface area contributed by atoms with E-state index in [4.69, 9.17) is 23.2 Å². The van der Waals surface area contributed by atoms with Gasteiger partial charge in [0.25, 0.3) is 0 Å². The lowest BCUT2D eigenvalue weighted by Crippen LogP contribution is -2.52. The molecule has 1 aromatic carbocycles. The van der Waals surface area contributed by atoms with Gasteiger partial charge in [-0.3, -0.25) is 4.79 Å². The van der Waals surface area contributed by atoms with E-state index in [2.05, 4.69) is 0 Å². The van der Waals surface area contributed by atoms with E-state index < -0.39 is 21.5 Å². The van der Waals surface area contributed by atoms with Crippen LogP contribution in [0.5, 0.6) is 0 Å². The number of hydrogen-bond acceptors (Lipinski definition) is 3. The van der Waals surface area contributed by atoms with E-state index in [-0.39, 0.29) is 21.5 Å². The topological polar surface area (TPSA) is 74.7 Å². The highest BCUT2D eigenvalue weighted by molar-refractivity contribution is 7.89. The van der Waals surface area contributed by atoms with Crippen LogP contribution in [0.25, 0.3) is 0 Å². The number of aliphatic carboxylic acids is 1. The predicted octanol–water partition coefficient (Wildman–Crippen LogP) is 2.87. The van der Waals surface area contributed by atoms with Crippen LogP contribution in [0.3, 0.4) is 0 Å². The van der Waals surface area contributed by atoms with Gasteiger partial charge in [0.05, 0.1) is 4.90 Å². The van der Waals surface area contributed by atoms with Crippen LogP contribution < -0.4 is 0 Å². The van der Waals surface area contributed by atoms with Crippen molar-refractivity contribution in [3.63, 3.8) is 0 Å². The quantitative estimate of drug-likeness (QED) is 0.894. The lowest BCUT2D eigenvalue weighted by Gasteiger charge is -2.33. The van der Waals surface area contributed by atoms with Crippen molar-refractivity contribution in [1.29, 1.82) is 0 Å². The van der Waals surface area contributed by atoms with Crippen LogP contribution in [-0.4, -0.2) is 35.9 Å². The zero-order valence-electron chi connectivity index (χ0n) is 11.2. The lowest BCUT2D eigenvalue weighted by molar-refractivity contribution is -0.146. The third-order valence-electron chi connectivity index (χ3n) is 2.86. The average molecular weight is 340 g/mol. The molecule has 5 nitrogen and oxygen atoms in total. The summed E-state index contributed by atoms with van der Waals surface area (Å²) in [7, 11) is -4.02. The molecule has 0 fully saturated rings. The summed E-state index contributed by atoms with van der Waals surface area (Å²) in [6, 6.07) is 3.88. The number of carboxylic acid groups (broad SMARTS) is 1. The summed E-state index contributed by atoms with van der Waals surface area (Å²) in [4.78, 5) is 11.1. The summed E-state index contributed by atoms with van der Waals surface area (Å²) in [6.07, 6.45) is 0. The predicted molar refractivity (Wildman–Crippen MR) is 77.7 cm³/mol. The van der Waals surface area contributed by atoms with Crippen LogP contribution in [0.4, 0.5) is 0 Å². The second-order valence-corrected chi connectivity index (χ2v) is 7.37. The van der Waals surface area contributed by atoms with Gasteiger partial charge in [-0.05, 0) is 32.0 Å². The molecule has 0 aromatic heterocycles. The van der Waals surface area contributed by atoms with Gasteiger partial charge in [0.2, 0.25) is 10.0 Å². The maximum atomic E-state index is 12.6. The van der Waals surface area contributed by atoms with Crippen molar-refractivity contribution in [2.75, 3.05) is 6.54 Å². The highest BCUT2D eigenvalue weighted by Crippen LogP contribution is 2.28. The molecular weight excluding hydrogens is 325 g/mol. The molecule has 0 saturated carbocycles. The summed E-state index contributed by atoms with van der Waals surface area (Å²) in [5.74, 6) is -1.24. The van der Waals surface area contributed by atoms with E-state index in [1.807, 2.05) is 0 Å². The molecule has 0 atom stereocenters. The van der Waals surface area contributed by atoms with Crippen molar-refractivity contribution >= 4 is 39.2 Å². The van der Waals surface area contributed by atoms with Crippen LogP contribution in [-0.2, 0) is 14.8 Å².